The summed E-state index contributed by atoms with van der Waals surface area (Å²) in [4.78, 5) is 0. The summed E-state index contributed by atoms with van der Waals surface area (Å²) in [6, 6.07) is 0. The maximum atomic E-state index is 8.68. The van der Waals surface area contributed by atoms with Crippen molar-refractivity contribution in [2.45, 2.75) is 19.3 Å². The van der Waals surface area contributed by atoms with Gasteiger partial charge in [-0.3, -0.25) is 0 Å². The fourth-order valence-corrected chi connectivity index (χ4v) is 1.92. The van der Waals surface area contributed by atoms with E-state index in [1.54, 1.807) is 0 Å². The zero-order chi connectivity index (χ0) is 8.55. The number of hydrogen-bond acceptors (Lipinski definition) is 4. The van der Waals surface area contributed by atoms with Crippen LogP contribution in [0.4, 0.5) is 0 Å². The van der Waals surface area contributed by atoms with E-state index < -0.39 is 0 Å². The van der Waals surface area contributed by atoms with Gasteiger partial charge in [-0.1, -0.05) is 10.3 Å². The van der Waals surface area contributed by atoms with Gasteiger partial charge < -0.3 is 9.73 Å². The molecule has 1 heterocycles. The van der Waals surface area contributed by atoms with Gasteiger partial charge in [0.15, 0.2) is 4.60 Å². The summed E-state index contributed by atoms with van der Waals surface area (Å²) in [7, 11) is 0. The molecule has 0 radical (unpaired) electrons. The number of oxime groups is 1. The van der Waals surface area contributed by atoms with Crippen molar-refractivity contribution in [3.63, 3.8) is 0 Å². The summed E-state index contributed by atoms with van der Waals surface area (Å²) in [5.41, 5.74) is 1.48. The maximum absolute atomic E-state index is 8.68. The first-order valence-electron chi connectivity index (χ1n) is 3.68. The number of rotatable bonds is 0. The van der Waals surface area contributed by atoms with E-state index >= 15 is 0 Å². The van der Waals surface area contributed by atoms with Crippen LogP contribution in [-0.4, -0.2) is 16.1 Å². The van der Waals surface area contributed by atoms with Gasteiger partial charge in [-0.15, -0.1) is 0 Å². The molecule has 5 heteroatoms. The molecular formula is C7H7BrN2O2. The van der Waals surface area contributed by atoms with E-state index in [9.17, 15) is 0 Å². The normalized spacial score (nSPS) is 19.6. The van der Waals surface area contributed by atoms with E-state index in [-0.39, 0.29) is 0 Å². The molecule has 0 unspecified atom stereocenters. The topological polar surface area (TPSA) is 58.6 Å². The SMILES string of the molecule is O/N=C1/CCCc2onc(Br)c21. The Morgan fingerprint density at radius 2 is 2.33 bits per heavy atom. The molecule has 0 fully saturated rings. The molecule has 0 aliphatic heterocycles. The van der Waals surface area contributed by atoms with E-state index in [1.165, 1.54) is 0 Å². The van der Waals surface area contributed by atoms with Gasteiger partial charge in [-0.05, 0) is 28.8 Å². The Bertz CT molecular complexity index is 332. The first-order valence-corrected chi connectivity index (χ1v) is 4.47. The molecule has 0 amide bonds. The second-order valence-electron chi connectivity index (χ2n) is 2.67. The minimum absolute atomic E-state index is 0.630. The van der Waals surface area contributed by atoms with E-state index in [1.807, 2.05) is 0 Å². The lowest BCUT2D eigenvalue weighted by Gasteiger charge is -2.09. The highest BCUT2D eigenvalue weighted by Crippen LogP contribution is 2.27. The summed E-state index contributed by atoms with van der Waals surface area (Å²) in [6.07, 6.45) is 2.60. The summed E-state index contributed by atoms with van der Waals surface area (Å²) >= 11 is 3.24. The summed E-state index contributed by atoms with van der Waals surface area (Å²) in [6.45, 7) is 0. The first kappa shape index (κ1) is 7.79. The van der Waals surface area contributed by atoms with Crippen molar-refractivity contribution in [2.75, 3.05) is 0 Å². The number of aryl methyl sites for hydroxylation is 1. The third-order valence-corrected chi connectivity index (χ3v) is 2.49. The number of aromatic nitrogens is 1. The third-order valence-electron chi connectivity index (χ3n) is 1.95. The quantitative estimate of drug-likeness (QED) is 0.548. The van der Waals surface area contributed by atoms with Crippen molar-refractivity contribution in [3.05, 3.63) is 15.9 Å². The van der Waals surface area contributed by atoms with Gasteiger partial charge in [0.25, 0.3) is 0 Å². The molecule has 1 aromatic rings. The fourth-order valence-electron chi connectivity index (χ4n) is 1.39. The van der Waals surface area contributed by atoms with E-state index in [4.69, 9.17) is 9.73 Å². The highest BCUT2D eigenvalue weighted by atomic mass is 79.9. The minimum Gasteiger partial charge on any atom is -0.411 e. The maximum Gasteiger partial charge on any atom is 0.158 e. The predicted octanol–water partition coefficient (Wildman–Crippen LogP) is 1.95. The van der Waals surface area contributed by atoms with Crippen LogP contribution in [0.2, 0.25) is 0 Å². The molecule has 0 atom stereocenters. The molecule has 12 heavy (non-hydrogen) atoms. The Balaban J connectivity index is 2.55. The lowest BCUT2D eigenvalue weighted by molar-refractivity contribution is 0.316. The van der Waals surface area contributed by atoms with Gasteiger partial charge in [0.1, 0.15) is 5.76 Å². The predicted molar refractivity (Wildman–Crippen MR) is 45.5 cm³/mol. The second kappa shape index (κ2) is 2.90. The van der Waals surface area contributed by atoms with Crippen LogP contribution in [0, 0.1) is 0 Å². The van der Waals surface area contributed by atoms with Crippen LogP contribution in [0.25, 0.3) is 0 Å². The number of nitrogens with zero attached hydrogens (tertiary/aromatic N) is 2. The Morgan fingerprint density at radius 3 is 3.08 bits per heavy atom. The molecule has 0 saturated carbocycles. The molecule has 2 rings (SSSR count). The zero-order valence-electron chi connectivity index (χ0n) is 6.25. The van der Waals surface area contributed by atoms with Gasteiger partial charge in [-0.2, -0.15) is 0 Å². The van der Waals surface area contributed by atoms with E-state index in [0.717, 1.165) is 30.6 Å². The van der Waals surface area contributed by atoms with Gasteiger partial charge in [0.05, 0.1) is 11.3 Å². The zero-order valence-corrected chi connectivity index (χ0v) is 7.84. The Kier molecular flexibility index (Phi) is 1.88. The molecule has 0 aromatic carbocycles. The van der Waals surface area contributed by atoms with E-state index in [0.29, 0.717) is 10.3 Å². The van der Waals surface area contributed by atoms with Crippen LogP contribution < -0.4 is 0 Å². The largest absolute Gasteiger partial charge is 0.411 e. The average Bonchev–Trinajstić information content (AvgIpc) is 2.48. The van der Waals surface area contributed by atoms with Crippen LogP contribution in [0.15, 0.2) is 14.3 Å². The van der Waals surface area contributed by atoms with Crippen molar-refractivity contribution in [2.24, 2.45) is 5.16 Å². The Hall–Kier alpha value is -0.840. The first-order chi connectivity index (χ1) is 5.83. The standard InChI is InChI=1S/C7H7BrN2O2/c8-7-6-4(9-11)2-1-3-5(6)12-10-7/h11H,1-3H2/b9-4-. The molecule has 1 aromatic heterocycles. The molecule has 4 nitrogen and oxygen atoms in total. The molecule has 0 bridgehead atoms. The van der Waals surface area contributed by atoms with Crippen LogP contribution in [0.3, 0.4) is 0 Å². The van der Waals surface area contributed by atoms with Gasteiger partial charge in [-0.25, -0.2) is 0 Å². The number of fused-ring (bicyclic) bond motifs is 1. The third kappa shape index (κ3) is 1.04. The molecule has 0 spiro atoms. The fraction of sp³-hybridized carbons (Fsp3) is 0.429. The number of hydrogen-bond donors (Lipinski definition) is 1. The Labute approximate surface area is 77.4 Å². The smallest absolute Gasteiger partial charge is 0.158 e. The van der Waals surface area contributed by atoms with Gasteiger partial charge >= 0.3 is 0 Å². The molecular weight excluding hydrogens is 224 g/mol. The van der Waals surface area contributed by atoms with Crippen molar-refractivity contribution < 1.29 is 9.73 Å². The highest BCUT2D eigenvalue weighted by Gasteiger charge is 2.23. The van der Waals surface area contributed by atoms with Crippen LogP contribution >= 0.6 is 15.9 Å². The molecule has 0 saturated heterocycles. The highest BCUT2D eigenvalue weighted by molar-refractivity contribution is 9.10. The van der Waals surface area contributed by atoms with Crippen LogP contribution in [0.1, 0.15) is 24.2 Å². The van der Waals surface area contributed by atoms with Gasteiger partial charge in [0, 0.05) is 6.42 Å². The Morgan fingerprint density at radius 1 is 1.50 bits per heavy atom. The molecule has 1 N–H and O–H groups in total. The van der Waals surface area contributed by atoms with Crippen LogP contribution in [0.5, 0.6) is 0 Å². The van der Waals surface area contributed by atoms with Crippen LogP contribution in [-0.2, 0) is 6.42 Å². The molecule has 64 valence electrons. The van der Waals surface area contributed by atoms with E-state index in [2.05, 4.69) is 26.2 Å². The minimum atomic E-state index is 0.630. The monoisotopic (exact) mass is 230 g/mol. The van der Waals surface area contributed by atoms with Crippen molar-refractivity contribution in [3.8, 4) is 0 Å². The second-order valence-corrected chi connectivity index (χ2v) is 3.42. The molecule has 1 aliphatic rings. The summed E-state index contributed by atoms with van der Waals surface area (Å²) in [5, 5.41) is 15.6. The average molecular weight is 231 g/mol. The summed E-state index contributed by atoms with van der Waals surface area (Å²) in [5.74, 6) is 0.806. The number of halogens is 1. The summed E-state index contributed by atoms with van der Waals surface area (Å²) < 4.78 is 5.66. The van der Waals surface area contributed by atoms with Crippen molar-refractivity contribution in [1.82, 2.24) is 5.16 Å². The van der Waals surface area contributed by atoms with Crippen molar-refractivity contribution in [1.29, 1.82) is 0 Å². The van der Waals surface area contributed by atoms with Gasteiger partial charge in [0.2, 0.25) is 0 Å². The lowest BCUT2D eigenvalue weighted by atomic mass is 9.97. The molecule has 1 aliphatic carbocycles. The van der Waals surface area contributed by atoms with Crippen molar-refractivity contribution >= 4 is 21.6 Å². The lowest BCUT2D eigenvalue weighted by Crippen LogP contribution is -2.09.